The van der Waals surface area contributed by atoms with Gasteiger partial charge in [0.15, 0.2) is 6.61 Å². The molecule has 0 bridgehead atoms. The van der Waals surface area contributed by atoms with Crippen molar-refractivity contribution >= 4 is 5.91 Å². The number of nitrogens with one attached hydrogen (secondary N) is 1. The number of amides is 1. The Labute approximate surface area is 114 Å². The minimum atomic E-state index is -0.213. The summed E-state index contributed by atoms with van der Waals surface area (Å²) < 4.78 is 5.37. The van der Waals surface area contributed by atoms with Gasteiger partial charge < -0.3 is 10.1 Å². The van der Waals surface area contributed by atoms with Crippen LogP contribution < -0.4 is 10.1 Å². The van der Waals surface area contributed by atoms with Crippen LogP contribution >= 0.6 is 0 Å². The summed E-state index contributed by atoms with van der Waals surface area (Å²) in [6.45, 7) is 6.77. The number of hydrogen-bond acceptors (Lipinski definition) is 3. The van der Waals surface area contributed by atoms with E-state index in [9.17, 15) is 4.79 Å². The van der Waals surface area contributed by atoms with Crippen LogP contribution in [0.3, 0.4) is 0 Å². The molecule has 1 N–H and O–H groups in total. The van der Waals surface area contributed by atoms with Crippen LogP contribution in [0.25, 0.3) is 0 Å². The van der Waals surface area contributed by atoms with Gasteiger partial charge in [-0.05, 0) is 23.1 Å². The zero-order valence-corrected chi connectivity index (χ0v) is 11.7. The average Bonchev–Trinajstić information content (AvgIpc) is 2.36. The molecule has 0 aromatic heterocycles. The molecule has 0 saturated heterocycles. The maximum absolute atomic E-state index is 11.4. The molecule has 0 atom stereocenters. The van der Waals surface area contributed by atoms with Crippen molar-refractivity contribution in [3.63, 3.8) is 0 Å². The molecule has 0 fully saturated rings. The fourth-order valence-corrected chi connectivity index (χ4v) is 1.51. The van der Waals surface area contributed by atoms with Gasteiger partial charge in [-0.15, -0.1) is 0 Å². The van der Waals surface area contributed by atoms with Gasteiger partial charge in [-0.3, -0.25) is 4.79 Å². The van der Waals surface area contributed by atoms with Crippen molar-refractivity contribution in [3.05, 3.63) is 29.8 Å². The van der Waals surface area contributed by atoms with E-state index in [1.54, 1.807) is 0 Å². The topological polar surface area (TPSA) is 62.1 Å². The Morgan fingerprint density at radius 2 is 1.95 bits per heavy atom. The summed E-state index contributed by atoms with van der Waals surface area (Å²) in [5, 5.41) is 10.9. The molecule has 1 amide bonds. The molecule has 102 valence electrons. The number of carbonyl (C=O) groups excluding carboxylic acids is 1. The molecular formula is C15H20N2O2. The quantitative estimate of drug-likeness (QED) is 0.827. The summed E-state index contributed by atoms with van der Waals surface area (Å²) in [5.74, 6) is 0.457. The van der Waals surface area contributed by atoms with E-state index >= 15 is 0 Å². The molecule has 0 aliphatic heterocycles. The number of ether oxygens (including phenoxy) is 1. The fraction of sp³-hybridized carbons (Fsp3) is 0.467. The second-order valence-corrected chi connectivity index (χ2v) is 5.32. The number of benzene rings is 1. The highest BCUT2D eigenvalue weighted by Crippen LogP contribution is 2.24. The highest BCUT2D eigenvalue weighted by Gasteiger charge is 2.13. The Morgan fingerprint density at radius 1 is 1.32 bits per heavy atom. The third-order valence-electron chi connectivity index (χ3n) is 2.65. The maximum Gasteiger partial charge on any atom is 0.257 e. The van der Waals surface area contributed by atoms with Gasteiger partial charge in [-0.25, -0.2) is 0 Å². The highest BCUT2D eigenvalue weighted by molar-refractivity contribution is 5.77. The van der Waals surface area contributed by atoms with Crippen molar-refractivity contribution in [1.82, 2.24) is 5.32 Å². The Bertz CT molecular complexity index is 453. The molecule has 0 spiro atoms. The van der Waals surface area contributed by atoms with Crippen molar-refractivity contribution in [3.8, 4) is 11.8 Å². The molecule has 1 rings (SSSR count). The van der Waals surface area contributed by atoms with E-state index < -0.39 is 0 Å². The van der Waals surface area contributed by atoms with Gasteiger partial charge in [0.2, 0.25) is 0 Å². The number of rotatable bonds is 5. The van der Waals surface area contributed by atoms with Crippen LogP contribution in [0.2, 0.25) is 0 Å². The SMILES string of the molecule is CC(C)(C)c1ccc(OCC(=O)NCCC#N)cc1. The third kappa shape index (κ3) is 5.43. The van der Waals surface area contributed by atoms with Gasteiger partial charge in [0, 0.05) is 6.54 Å². The lowest BCUT2D eigenvalue weighted by atomic mass is 9.87. The first-order chi connectivity index (χ1) is 8.93. The second kappa shape index (κ2) is 6.79. The molecule has 0 aliphatic rings. The first kappa shape index (κ1) is 15.0. The minimum absolute atomic E-state index is 0.0275. The van der Waals surface area contributed by atoms with Crippen LogP contribution in [-0.4, -0.2) is 19.1 Å². The van der Waals surface area contributed by atoms with Gasteiger partial charge in [-0.2, -0.15) is 5.26 Å². The standard InChI is InChI=1S/C15H20N2O2/c1-15(2,3)12-5-7-13(8-6-12)19-11-14(18)17-10-4-9-16/h5-8H,4,10-11H2,1-3H3,(H,17,18). The molecule has 0 heterocycles. The van der Waals surface area contributed by atoms with Crippen molar-refractivity contribution in [2.24, 2.45) is 0 Å². The Balaban J connectivity index is 2.42. The van der Waals surface area contributed by atoms with Crippen LogP contribution in [-0.2, 0) is 10.2 Å². The lowest BCUT2D eigenvalue weighted by Crippen LogP contribution is -2.29. The zero-order chi connectivity index (χ0) is 14.3. The molecule has 0 saturated carbocycles. The summed E-state index contributed by atoms with van der Waals surface area (Å²) in [6, 6.07) is 9.70. The van der Waals surface area contributed by atoms with Crippen molar-refractivity contribution in [2.45, 2.75) is 32.6 Å². The lowest BCUT2D eigenvalue weighted by molar-refractivity contribution is -0.123. The Hall–Kier alpha value is -2.02. The summed E-state index contributed by atoms with van der Waals surface area (Å²) in [7, 11) is 0. The van der Waals surface area contributed by atoms with Gasteiger partial charge in [0.1, 0.15) is 5.75 Å². The van der Waals surface area contributed by atoms with E-state index in [1.807, 2.05) is 30.3 Å². The predicted molar refractivity (Wildman–Crippen MR) is 73.9 cm³/mol. The zero-order valence-electron chi connectivity index (χ0n) is 11.7. The van der Waals surface area contributed by atoms with E-state index in [-0.39, 0.29) is 17.9 Å². The van der Waals surface area contributed by atoms with E-state index in [0.29, 0.717) is 18.7 Å². The molecule has 0 radical (unpaired) electrons. The second-order valence-electron chi connectivity index (χ2n) is 5.32. The molecule has 1 aromatic rings. The molecule has 19 heavy (non-hydrogen) atoms. The van der Waals surface area contributed by atoms with Crippen LogP contribution in [0.15, 0.2) is 24.3 Å². The summed E-state index contributed by atoms with van der Waals surface area (Å²) in [4.78, 5) is 11.4. The first-order valence-electron chi connectivity index (χ1n) is 6.30. The monoisotopic (exact) mass is 260 g/mol. The molecule has 1 aromatic carbocycles. The van der Waals surface area contributed by atoms with Crippen molar-refractivity contribution < 1.29 is 9.53 Å². The highest BCUT2D eigenvalue weighted by atomic mass is 16.5. The molecular weight excluding hydrogens is 240 g/mol. The number of carbonyl (C=O) groups is 1. The van der Waals surface area contributed by atoms with Crippen LogP contribution in [0.5, 0.6) is 5.75 Å². The van der Waals surface area contributed by atoms with Gasteiger partial charge in [-0.1, -0.05) is 32.9 Å². The number of hydrogen-bond donors (Lipinski definition) is 1. The Kier molecular flexibility index (Phi) is 5.37. The minimum Gasteiger partial charge on any atom is -0.484 e. The summed E-state index contributed by atoms with van der Waals surface area (Å²) in [5.41, 5.74) is 1.33. The van der Waals surface area contributed by atoms with Gasteiger partial charge >= 0.3 is 0 Å². The van der Waals surface area contributed by atoms with E-state index in [1.165, 1.54) is 5.56 Å². The van der Waals surface area contributed by atoms with Gasteiger partial charge in [0.05, 0.1) is 12.5 Å². The third-order valence-corrected chi connectivity index (χ3v) is 2.65. The first-order valence-corrected chi connectivity index (χ1v) is 6.30. The largest absolute Gasteiger partial charge is 0.484 e. The Morgan fingerprint density at radius 3 is 2.47 bits per heavy atom. The van der Waals surface area contributed by atoms with E-state index in [4.69, 9.17) is 10.00 Å². The summed E-state index contributed by atoms with van der Waals surface area (Å²) >= 11 is 0. The number of nitrogens with zero attached hydrogens (tertiary/aromatic N) is 1. The normalized spacial score (nSPS) is 10.6. The van der Waals surface area contributed by atoms with Gasteiger partial charge in [0.25, 0.3) is 5.91 Å². The predicted octanol–water partition coefficient (Wildman–Crippen LogP) is 2.39. The van der Waals surface area contributed by atoms with E-state index in [0.717, 1.165) is 0 Å². The van der Waals surface area contributed by atoms with E-state index in [2.05, 4.69) is 26.1 Å². The van der Waals surface area contributed by atoms with Crippen LogP contribution in [0.4, 0.5) is 0 Å². The molecule has 0 unspecified atom stereocenters. The average molecular weight is 260 g/mol. The van der Waals surface area contributed by atoms with Crippen LogP contribution in [0, 0.1) is 11.3 Å². The number of nitriles is 1. The lowest BCUT2D eigenvalue weighted by Gasteiger charge is -2.19. The molecule has 4 nitrogen and oxygen atoms in total. The molecule has 0 aliphatic carbocycles. The smallest absolute Gasteiger partial charge is 0.257 e. The fourth-order valence-electron chi connectivity index (χ4n) is 1.51. The maximum atomic E-state index is 11.4. The van der Waals surface area contributed by atoms with Crippen molar-refractivity contribution in [2.75, 3.05) is 13.2 Å². The summed E-state index contributed by atoms with van der Waals surface area (Å²) in [6.07, 6.45) is 0.312. The van der Waals surface area contributed by atoms with Crippen LogP contribution in [0.1, 0.15) is 32.8 Å². The van der Waals surface area contributed by atoms with Crippen molar-refractivity contribution in [1.29, 1.82) is 5.26 Å². The molecule has 4 heteroatoms.